The van der Waals surface area contributed by atoms with E-state index in [1.165, 1.54) is 0 Å². The maximum Gasteiger partial charge on any atom is 0.249 e. The van der Waals surface area contributed by atoms with Gasteiger partial charge in [0.1, 0.15) is 6.04 Å². The Kier molecular flexibility index (Phi) is 5.78. The van der Waals surface area contributed by atoms with Crippen LogP contribution in [0.5, 0.6) is 0 Å². The highest BCUT2D eigenvalue weighted by molar-refractivity contribution is 5.88. The molecular weight excluding hydrogens is 264 g/mol. The molecule has 0 aliphatic carbocycles. The van der Waals surface area contributed by atoms with E-state index >= 15 is 0 Å². The average Bonchev–Trinajstić information content (AvgIpc) is 3.05. The summed E-state index contributed by atoms with van der Waals surface area (Å²) in [6.45, 7) is 3.65. The molecule has 1 aliphatic rings. The SMILES string of the molecule is CCCCC(=O)N[C@H](C(=O)N1CCCC1)c1ccccc1. The maximum absolute atomic E-state index is 12.7. The third-order valence-corrected chi connectivity index (χ3v) is 3.86. The zero-order valence-electron chi connectivity index (χ0n) is 12.7. The van der Waals surface area contributed by atoms with Crippen LogP contribution in [0.1, 0.15) is 50.6 Å². The Balaban J connectivity index is 2.10. The van der Waals surface area contributed by atoms with Crippen molar-refractivity contribution in [2.45, 2.75) is 45.1 Å². The number of carbonyl (C=O) groups is 2. The van der Waals surface area contributed by atoms with Crippen LogP contribution in [0.2, 0.25) is 0 Å². The van der Waals surface area contributed by atoms with E-state index in [0.29, 0.717) is 6.42 Å². The predicted octanol–water partition coefficient (Wildman–Crippen LogP) is 2.66. The molecule has 0 aromatic heterocycles. The van der Waals surface area contributed by atoms with Gasteiger partial charge in [0.25, 0.3) is 0 Å². The second-order valence-electron chi connectivity index (χ2n) is 5.55. The van der Waals surface area contributed by atoms with Crippen LogP contribution >= 0.6 is 0 Å². The van der Waals surface area contributed by atoms with Crippen LogP contribution in [0.25, 0.3) is 0 Å². The zero-order chi connectivity index (χ0) is 15.1. The minimum Gasteiger partial charge on any atom is -0.341 e. The van der Waals surface area contributed by atoms with E-state index in [1.54, 1.807) is 0 Å². The molecule has 0 saturated carbocycles. The fourth-order valence-electron chi connectivity index (χ4n) is 2.62. The molecule has 1 aromatic rings. The highest BCUT2D eigenvalue weighted by Crippen LogP contribution is 2.19. The molecular formula is C17H24N2O2. The fraction of sp³-hybridized carbons (Fsp3) is 0.529. The lowest BCUT2D eigenvalue weighted by Crippen LogP contribution is -2.41. The minimum absolute atomic E-state index is 0.0172. The summed E-state index contributed by atoms with van der Waals surface area (Å²) in [5.41, 5.74) is 0.860. The third kappa shape index (κ3) is 4.31. The Bertz CT molecular complexity index is 467. The predicted molar refractivity (Wildman–Crippen MR) is 82.7 cm³/mol. The van der Waals surface area contributed by atoms with Crippen molar-refractivity contribution in [1.82, 2.24) is 10.2 Å². The van der Waals surface area contributed by atoms with Crippen LogP contribution in [0.15, 0.2) is 30.3 Å². The smallest absolute Gasteiger partial charge is 0.249 e. The molecule has 2 rings (SSSR count). The van der Waals surface area contributed by atoms with Crippen molar-refractivity contribution in [2.75, 3.05) is 13.1 Å². The fourth-order valence-corrected chi connectivity index (χ4v) is 2.62. The number of benzene rings is 1. The summed E-state index contributed by atoms with van der Waals surface area (Å²) in [5.74, 6) is -0.0261. The highest BCUT2D eigenvalue weighted by atomic mass is 16.2. The second kappa shape index (κ2) is 7.81. The summed E-state index contributed by atoms with van der Waals surface area (Å²) in [4.78, 5) is 26.5. The number of hydrogen-bond acceptors (Lipinski definition) is 2. The first-order chi connectivity index (χ1) is 10.2. The number of unbranched alkanes of at least 4 members (excludes halogenated alkanes) is 1. The average molecular weight is 288 g/mol. The number of nitrogens with zero attached hydrogens (tertiary/aromatic N) is 1. The number of likely N-dealkylation sites (tertiary alicyclic amines) is 1. The third-order valence-electron chi connectivity index (χ3n) is 3.86. The van der Waals surface area contributed by atoms with Crippen LogP contribution < -0.4 is 5.32 Å². The van der Waals surface area contributed by atoms with Gasteiger partial charge in [0, 0.05) is 19.5 Å². The molecule has 1 atom stereocenters. The monoisotopic (exact) mass is 288 g/mol. The van der Waals surface area contributed by atoms with Crippen molar-refractivity contribution < 1.29 is 9.59 Å². The molecule has 114 valence electrons. The summed E-state index contributed by atoms with van der Waals surface area (Å²) in [6.07, 6.45) is 4.41. The topological polar surface area (TPSA) is 49.4 Å². The minimum atomic E-state index is -0.548. The van der Waals surface area contributed by atoms with Crippen molar-refractivity contribution in [2.24, 2.45) is 0 Å². The van der Waals surface area contributed by atoms with Gasteiger partial charge in [-0.15, -0.1) is 0 Å². The standard InChI is InChI=1S/C17H24N2O2/c1-2-3-11-15(20)18-16(14-9-5-4-6-10-14)17(21)19-12-7-8-13-19/h4-6,9-10,16H,2-3,7-8,11-13H2,1H3,(H,18,20)/t16-/m0/s1. The van der Waals surface area contributed by atoms with Crippen LogP contribution in [-0.4, -0.2) is 29.8 Å². The van der Waals surface area contributed by atoms with Gasteiger partial charge in [0.2, 0.25) is 11.8 Å². The summed E-state index contributed by atoms with van der Waals surface area (Å²) in [6, 6.07) is 8.97. The second-order valence-corrected chi connectivity index (χ2v) is 5.55. The first kappa shape index (κ1) is 15.5. The van der Waals surface area contributed by atoms with Crippen LogP contribution in [0.3, 0.4) is 0 Å². The molecule has 0 spiro atoms. The lowest BCUT2D eigenvalue weighted by atomic mass is 10.1. The Hall–Kier alpha value is -1.84. The molecule has 1 saturated heterocycles. The van der Waals surface area contributed by atoms with Gasteiger partial charge >= 0.3 is 0 Å². The van der Waals surface area contributed by atoms with Gasteiger partial charge in [-0.05, 0) is 24.8 Å². The summed E-state index contributed by atoms with van der Waals surface area (Å²) in [7, 11) is 0. The van der Waals surface area contributed by atoms with Gasteiger partial charge in [-0.1, -0.05) is 43.7 Å². The summed E-state index contributed by atoms with van der Waals surface area (Å²) in [5, 5.41) is 2.91. The van der Waals surface area contributed by atoms with Gasteiger partial charge in [0.05, 0.1) is 0 Å². The lowest BCUT2D eigenvalue weighted by Gasteiger charge is -2.24. The molecule has 21 heavy (non-hydrogen) atoms. The highest BCUT2D eigenvalue weighted by Gasteiger charge is 2.28. The van der Waals surface area contributed by atoms with E-state index < -0.39 is 6.04 Å². The molecule has 1 aliphatic heterocycles. The van der Waals surface area contributed by atoms with Crippen LogP contribution in [-0.2, 0) is 9.59 Å². The molecule has 1 N–H and O–H groups in total. The largest absolute Gasteiger partial charge is 0.341 e. The Morgan fingerprint density at radius 3 is 2.48 bits per heavy atom. The van der Waals surface area contributed by atoms with E-state index in [0.717, 1.165) is 44.3 Å². The van der Waals surface area contributed by atoms with Crippen molar-refractivity contribution in [3.05, 3.63) is 35.9 Å². The van der Waals surface area contributed by atoms with Crippen molar-refractivity contribution in [3.8, 4) is 0 Å². The molecule has 1 heterocycles. The maximum atomic E-state index is 12.7. The van der Waals surface area contributed by atoms with Crippen molar-refractivity contribution in [1.29, 1.82) is 0 Å². The number of carbonyl (C=O) groups excluding carboxylic acids is 2. The van der Waals surface area contributed by atoms with Gasteiger partial charge in [0.15, 0.2) is 0 Å². The van der Waals surface area contributed by atoms with E-state index in [4.69, 9.17) is 0 Å². The Labute approximate surface area is 126 Å². The number of nitrogens with one attached hydrogen (secondary N) is 1. The number of hydrogen-bond donors (Lipinski definition) is 1. The molecule has 2 amide bonds. The van der Waals surface area contributed by atoms with E-state index in [-0.39, 0.29) is 11.8 Å². The zero-order valence-corrected chi connectivity index (χ0v) is 12.7. The number of rotatable bonds is 6. The van der Waals surface area contributed by atoms with Crippen molar-refractivity contribution >= 4 is 11.8 Å². The van der Waals surface area contributed by atoms with Gasteiger partial charge < -0.3 is 10.2 Å². The molecule has 1 fully saturated rings. The Morgan fingerprint density at radius 2 is 1.86 bits per heavy atom. The molecule has 4 heteroatoms. The first-order valence-electron chi connectivity index (χ1n) is 7.85. The molecule has 4 nitrogen and oxygen atoms in total. The van der Waals surface area contributed by atoms with E-state index in [2.05, 4.69) is 12.2 Å². The summed E-state index contributed by atoms with van der Waals surface area (Å²) < 4.78 is 0. The lowest BCUT2D eigenvalue weighted by molar-refractivity contribution is -0.135. The molecule has 0 bridgehead atoms. The van der Waals surface area contributed by atoms with Crippen LogP contribution in [0, 0.1) is 0 Å². The van der Waals surface area contributed by atoms with Crippen LogP contribution in [0.4, 0.5) is 0 Å². The first-order valence-corrected chi connectivity index (χ1v) is 7.85. The molecule has 1 aromatic carbocycles. The van der Waals surface area contributed by atoms with E-state index in [1.807, 2.05) is 35.2 Å². The van der Waals surface area contributed by atoms with Gasteiger partial charge in [-0.3, -0.25) is 9.59 Å². The van der Waals surface area contributed by atoms with Gasteiger partial charge in [-0.25, -0.2) is 0 Å². The Morgan fingerprint density at radius 1 is 1.19 bits per heavy atom. The quantitative estimate of drug-likeness (QED) is 0.875. The van der Waals surface area contributed by atoms with E-state index in [9.17, 15) is 9.59 Å². The van der Waals surface area contributed by atoms with Gasteiger partial charge in [-0.2, -0.15) is 0 Å². The normalized spacial score (nSPS) is 15.8. The summed E-state index contributed by atoms with van der Waals surface area (Å²) >= 11 is 0. The molecule has 0 unspecified atom stereocenters. The number of amides is 2. The van der Waals surface area contributed by atoms with Crippen molar-refractivity contribution in [3.63, 3.8) is 0 Å². The molecule has 0 radical (unpaired) electrons.